The summed E-state index contributed by atoms with van der Waals surface area (Å²) in [5, 5.41) is 9.45. The molecule has 2 aliphatic rings. The van der Waals surface area contributed by atoms with Crippen LogP contribution in [0, 0.1) is 17.3 Å². The van der Waals surface area contributed by atoms with E-state index in [0.717, 1.165) is 19.3 Å². The van der Waals surface area contributed by atoms with Crippen molar-refractivity contribution in [2.45, 2.75) is 47.0 Å². The smallest absolute Gasteiger partial charge is 0.332 e. The zero-order valence-electron chi connectivity index (χ0n) is 11.2. The molecule has 0 amide bonds. The Morgan fingerprint density at radius 2 is 2.12 bits per heavy atom. The Kier molecular flexibility index (Phi) is 2.92. The largest absolute Gasteiger partial charge is 0.478 e. The number of carboxylic acid groups (broad SMARTS) is 1. The van der Waals surface area contributed by atoms with Gasteiger partial charge in [-0.15, -0.1) is 0 Å². The zero-order chi connectivity index (χ0) is 12.8. The molecule has 94 valence electrons. The predicted octanol–water partition coefficient (Wildman–Crippen LogP) is 3.79. The fraction of sp³-hybridized carbons (Fsp3) is 0.667. The summed E-state index contributed by atoms with van der Waals surface area (Å²) in [7, 11) is 0. The van der Waals surface area contributed by atoms with Crippen LogP contribution in [0.3, 0.4) is 0 Å². The van der Waals surface area contributed by atoms with Crippen LogP contribution in [0.1, 0.15) is 47.0 Å². The number of hydrogen-bond donors (Lipinski definition) is 1. The van der Waals surface area contributed by atoms with Crippen molar-refractivity contribution in [3.05, 3.63) is 22.8 Å². The molecule has 1 N–H and O–H groups in total. The van der Waals surface area contributed by atoms with Crippen LogP contribution in [0.5, 0.6) is 0 Å². The van der Waals surface area contributed by atoms with E-state index in [4.69, 9.17) is 0 Å². The quantitative estimate of drug-likeness (QED) is 0.583. The lowest BCUT2D eigenvalue weighted by molar-refractivity contribution is -0.133. The highest BCUT2D eigenvalue weighted by atomic mass is 16.4. The highest BCUT2D eigenvalue weighted by Gasteiger charge is 2.45. The maximum Gasteiger partial charge on any atom is 0.332 e. The lowest BCUT2D eigenvalue weighted by Gasteiger charge is -2.40. The molecule has 2 rings (SSSR count). The molecular formula is C15H22O2. The fourth-order valence-corrected chi connectivity index (χ4v) is 3.39. The first-order valence-corrected chi connectivity index (χ1v) is 6.52. The molecule has 0 saturated heterocycles. The van der Waals surface area contributed by atoms with Crippen molar-refractivity contribution in [1.29, 1.82) is 0 Å². The molecule has 2 atom stereocenters. The van der Waals surface area contributed by atoms with Gasteiger partial charge < -0.3 is 5.11 Å². The van der Waals surface area contributed by atoms with Crippen molar-refractivity contribution in [2.75, 3.05) is 0 Å². The first-order valence-electron chi connectivity index (χ1n) is 6.52. The van der Waals surface area contributed by atoms with E-state index in [9.17, 15) is 9.90 Å². The van der Waals surface area contributed by atoms with E-state index in [0.29, 0.717) is 17.4 Å². The van der Waals surface area contributed by atoms with Crippen LogP contribution < -0.4 is 0 Å². The summed E-state index contributed by atoms with van der Waals surface area (Å²) >= 11 is 0. The Balaban J connectivity index is 2.39. The highest BCUT2D eigenvalue weighted by Crippen LogP contribution is 2.54. The van der Waals surface area contributed by atoms with Gasteiger partial charge in [0.15, 0.2) is 0 Å². The molecule has 1 fully saturated rings. The molecule has 0 unspecified atom stereocenters. The van der Waals surface area contributed by atoms with Crippen LogP contribution in [0.15, 0.2) is 22.8 Å². The van der Waals surface area contributed by atoms with Gasteiger partial charge in [-0.1, -0.05) is 44.9 Å². The molecule has 2 aliphatic carbocycles. The van der Waals surface area contributed by atoms with Crippen LogP contribution in [0.25, 0.3) is 0 Å². The number of aliphatic carboxylic acids is 1. The standard InChI is InChI=1S/C15H22O2/c1-5-9-6-7-10-8-11(12(9)10)13(14(16)17)15(2,3)4/h6,10,12H,5,7-8H2,1-4H3,(H,16,17)/t10-,12-/m0/s1. The van der Waals surface area contributed by atoms with E-state index >= 15 is 0 Å². The van der Waals surface area contributed by atoms with Gasteiger partial charge in [0.2, 0.25) is 0 Å². The average Bonchev–Trinajstić information content (AvgIpc) is 2.48. The summed E-state index contributed by atoms with van der Waals surface area (Å²) in [6.07, 6.45) is 5.52. The Morgan fingerprint density at radius 1 is 1.47 bits per heavy atom. The maximum absolute atomic E-state index is 11.5. The maximum atomic E-state index is 11.5. The number of hydrogen-bond acceptors (Lipinski definition) is 1. The Hall–Kier alpha value is -1.05. The van der Waals surface area contributed by atoms with Crippen molar-refractivity contribution < 1.29 is 9.90 Å². The van der Waals surface area contributed by atoms with Gasteiger partial charge in [-0.25, -0.2) is 4.79 Å². The van der Waals surface area contributed by atoms with E-state index < -0.39 is 5.97 Å². The lowest BCUT2D eigenvalue weighted by atomic mass is 9.63. The number of allylic oxidation sites excluding steroid dienone is 3. The molecule has 0 bridgehead atoms. The van der Waals surface area contributed by atoms with Crippen LogP contribution in [0.4, 0.5) is 0 Å². The molecule has 0 aromatic carbocycles. The molecule has 0 spiro atoms. The van der Waals surface area contributed by atoms with Crippen molar-refractivity contribution in [2.24, 2.45) is 17.3 Å². The van der Waals surface area contributed by atoms with Crippen molar-refractivity contribution in [3.63, 3.8) is 0 Å². The number of carbonyl (C=O) groups is 1. The van der Waals surface area contributed by atoms with Crippen LogP contribution in [-0.4, -0.2) is 11.1 Å². The molecular weight excluding hydrogens is 212 g/mol. The second-order valence-corrected chi connectivity index (χ2v) is 6.27. The average molecular weight is 234 g/mol. The summed E-state index contributed by atoms with van der Waals surface area (Å²) in [5.41, 5.74) is 3.05. The summed E-state index contributed by atoms with van der Waals surface area (Å²) < 4.78 is 0. The highest BCUT2D eigenvalue weighted by molar-refractivity contribution is 5.89. The van der Waals surface area contributed by atoms with Gasteiger partial charge in [0, 0.05) is 11.5 Å². The molecule has 0 radical (unpaired) electrons. The molecule has 0 aliphatic heterocycles. The second kappa shape index (κ2) is 4.01. The topological polar surface area (TPSA) is 37.3 Å². The van der Waals surface area contributed by atoms with Crippen LogP contribution >= 0.6 is 0 Å². The first kappa shape index (κ1) is 12.4. The monoisotopic (exact) mass is 234 g/mol. The van der Waals surface area contributed by atoms with Crippen molar-refractivity contribution in [1.82, 2.24) is 0 Å². The van der Waals surface area contributed by atoms with Gasteiger partial charge in [-0.3, -0.25) is 0 Å². The molecule has 2 heteroatoms. The fourth-order valence-electron chi connectivity index (χ4n) is 3.39. The normalized spacial score (nSPS) is 30.5. The minimum Gasteiger partial charge on any atom is -0.478 e. The molecule has 1 saturated carbocycles. The predicted molar refractivity (Wildman–Crippen MR) is 68.7 cm³/mol. The van der Waals surface area contributed by atoms with Gasteiger partial charge in [0.1, 0.15) is 0 Å². The number of carboxylic acids is 1. The van der Waals surface area contributed by atoms with Gasteiger partial charge in [-0.2, -0.15) is 0 Å². The van der Waals surface area contributed by atoms with Crippen LogP contribution in [-0.2, 0) is 4.79 Å². The second-order valence-electron chi connectivity index (χ2n) is 6.27. The summed E-state index contributed by atoms with van der Waals surface area (Å²) in [4.78, 5) is 11.5. The number of rotatable bonds is 2. The molecule has 2 nitrogen and oxygen atoms in total. The Bertz CT molecular complexity index is 407. The summed E-state index contributed by atoms with van der Waals surface area (Å²) in [6, 6.07) is 0. The van der Waals surface area contributed by atoms with Gasteiger partial charge in [0.05, 0.1) is 0 Å². The Morgan fingerprint density at radius 3 is 2.59 bits per heavy atom. The molecule has 0 aromatic rings. The number of fused-ring (bicyclic) bond motifs is 1. The van der Waals surface area contributed by atoms with Gasteiger partial charge in [0.25, 0.3) is 0 Å². The first-order chi connectivity index (χ1) is 7.86. The van der Waals surface area contributed by atoms with E-state index in [1.165, 1.54) is 11.1 Å². The van der Waals surface area contributed by atoms with Crippen molar-refractivity contribution >= 4 is 5.97 Å². The zero-order valence-corrected chi connectivity index (χ0v) is 11.2. The summed E-state index contributed by atoms with van der Waals surface area (Å²) in [6.45, 7) is 8.17. The molecule has 0 heterocycles. The molecule has 0 aromatic heterocycles. The SMILES string of the molecule is CCC1=CC[C@H]2CC(=C(C(=O)O)C(C)(C)C)[C@@H]12. The minimum absolute atomic E-state index is 0.256. The van der Waals surface area contributed by atoms with E-state index in [1.807, 2.05) is 20.8 Å². The van der Waals surface area contributed by atoms with Crippen molar-refractivity contribution in [3.8, 4) is 0 Å². The Labute approximate surface area is 103 Å². The third kappa shape index (κ3) is 1.94. The van der Waals surface area contributed by atoms with E-state index in [-0.39, 0.29) is 5.41 Å². The van der Waals surface area contributed by atoms with Crippen LogP contribution in [0.2, 0.25) is 0 Å². The van der Waals surface area contributed by atoms with E-state index in [2.05, 4.69) is 13.0 Å². The summed E-state index contributed by atoms with van der Waals surface area (Å²) in [5.74, 6) is 0.412. The van der Waals surface area contributed by atoms with Gasteiger partial charge >= 0.3 is 5.97 Å². The third-order valence-corrected chi connectivity index (χ3v) is 4.10. The minimum atomic E-state index is -0.728. The third-order valence-electron chi connectivity index (χ3n) is 4.10. The molecule has 17 heavy (non-hydrogen) atoms. The van der Waals surface area contributed by atoms with E-state index in [1.54, 1.807) is 0 Å². The lowest BCUT2D eigenvalue weighted by Crippen LogP contribution is -2.33. The van der Waals surface area contributed by atoms with Gasteiger partial charge in [-0.05, 0) is 30.6 Å².